The number of hydrazine groups is 1. The number of rotatable bonds is 6. The quantitative estimate of drug-likeness (QED) is 0.560. The van der Waals surface area contributed by atoms with Crippen LogP contribution in [0.2, 0.25) is 0 Å². The van der Waals surface area contributed by atoms with Crippen LogP contribution < -0.4 is 11.3 Å². The molecule has 7 heteroatoms. The minimum absolute atomic E-state index is 0.124. The summed E-state index contributed by atoms with van der Waals surface area (Å²) in [6.45, 7) is 3.42. The lowest BCUT2D eigenvalue weighted by Crippen LogP contribution is -2.30. The molecule has 3 N–H and O–H groups in total. The molecule has 0 aliphatic heterocycles. The number of nitrogens with two attached hydrogens (primary N) is 1. The highest BCUT2D eigenvalue weighted by molar-refractivity contribution is 5.92. The van der Waals surface area contributed by atoms with Crippen LogP contribution in [0.3, 0.4) is 0 Å². The Morgan fingerprint density at radius 1 is 1.32 bits per heavy atom. The lowest BCUT2D eigenvalue weighted by molar-refractivity contribution is 0.0784. The first-order valence-corrected chi connectivity index (χ1v) is 6.16. The Bertz CT molecular complexity index is 434. The Labute approximate surface area is 113 Å². The minimum Gasteiger partial charge on any atom is -0.340 e. The molecule has 1 heterocycles. The third-order valence-corrected chi connectivity index (χ3v) is 2.65. The molecule has 0 radical (unpaired) electrons. The van der Waals surface area contributed by atoms with Crippen molar-refractivity contribution in [1.82, 2.24) is 19.8 Å². The Hall–Kier alpha value is -1.73. The van der Waals surface area contributed by atoms with Gasteiger partial charge in [0.15, 0.2) is 0 Å². The Kier molecular flexibility index (Phi) is 5.65. The second-order valence-corrected chi connectivity index (χ2v) is 4.75. The number of hydrogen-bond donors (Lipinski definition) is 2. The summed E-state index contributed by atoms with van der Waals surface area (Å²) < 4.78 is 0. The van der Waals surface area contributed by atoms with Gasteiger partial charge in [0, 0.05) is 19.3 Å². The average Bonchev–Trinajstić information content (AvgIpc) is 2.36. The van der Waals surface area contributed by atoms with Crippen LogP contribution in [0.4, 0.5) is 5.95 Å². The van der Waals surface area contributed by atoms with Crippen molar-refractivity contribution in [2.24, 2.45) is 5.84 Å². The summed E-state index contributed by atoms with van der Waals surface area (Å²) in [5, 5.41) is 0. The highest BCUT2D eigenvalue weighted by Crippen LogP contribution is 2.06. The van der Waals surface area contributed by atoms with Crippen LogP contribution in [0.5, 0.6) is 0 Å². The fraction of sp³-hybridized carbons (Fsp3) is 0.583. The first kappa shape index (κ1) is 15.3. The normalized spacial score (nSPS) is 10.6. The van der Waals surface area contributed by atoms with Gasteiger partial charge in [-0.1, -0.05) is 0 Å². The first-order chi connectivity index (χ1) is 8.93. The fourth-order valence-corrected chi connectivity index (χ4v) is 1.66. The Morgan fingerprint density at radius 2 is 2.00 bits per heavy atom. The van der Waals surface area contributed by atoms with E-state index in [2.05, 4.69) is 20.3 Å². The second kappa shape index (κ2) is 7.01. The average molecular weight is 266 g/mol. The molecule has 1 aromatic heterocycles. The molecule has 7 nitrogen and oxygen atoms in total. The Morgan fingerprint density at radius 3 is 2.58 bits per heavy atom. The van der Waals surface area contributed by atoms with E-state index in [1.165, 1.54) is 0 Å². The predicted octanol–water partition coefficient (Wildman–Crippen LogP) is 0.0943. The van der Waals surface area contributed by atoms with Gasteiger partial charge in [0.25, 0.3) is 5.91 Å². The van der Waals surface area contributed by atoms with E-state index in [1.54, 1.807) is 24.9 Å². The van der Waals surface area contributed by atoms with Gasteiger partial charge in [0.1, 0.15) is 5.69 Å². The van der Waals surface area contributed by atoms with Crippen LogP contribution in [-0.2, 0) is 0 Å². The van der Waals surface area contributed by atoms with E-state index in [-0.39, 0.29) is 11.9 Å². The van der Waals surface area contributed by atoms with Gasteiger partial charge in [0.05, 0.1) is 0 Å². The number of anilines is 1. The van der Waals surface area contributed by atoms with Crippen molar-refractivity contribution in [2.45, 2.75) is 13.3 Å². The van der Waals surface area contributed by atoms with Crippen molar-refractivity contribution in [1.29, 1.82) is 0 Å². The molecule has 0 unspecified atom stereocenters. The summed E-state index contributed by atoms with van der Waals surface area (Å²) in [5.41, 5.74) is 3.42. The van der Waals surface area contributed by atoms with Gasteiger partial charge in [-0.05, 0) is 40.1 Å². The molecule has 0 atom stereocenters. The van der Waals surface area contributed by atoms with Gasteiger partial charge in [-0.15, -0.1) is 0 Å². The monoisotopic (exact) mass is 266 g/mol. The van der Waals surface area contributed by atoms with Gasteiger partial charge < -0.3 is 9.80 Å². The van der Waals surface area contributed by atoms with Crippen LogP contribution in [0, 0.1) is 6.92 Å². The highest BCUT2D eigenvalue weighted by atomic mass is 16.2. The van der Waals surface area contributed by atoms with Gasteiger partial charge in [0.2, 0.25) is 5.95 Å². The number of hydrogen-bond acceptors (Lipinski definition) is 6. The predicted molar refractivity (Wildman–Crippen MR) is 74.7 cm³/mol. The van der Waals surface area contributed by atoms with Crippen molar-refractivity contribution in [3.05, 3.63) is 17.5 Å². The lowest BCUT2D eigenvalue weighted by atomic mass is 10.3. The van der Waals surface area contributed by atoms with Crippen LogP contribution in [0.1, 0.15) is 22.6 Å². The largest absolute Gasteiger partial charge is 0.340 e. The molecule has 106 valence electrons. The maximum absolute atomic E-state index is 12.2. The number of nitrogens with one attached hydrogen (secondary N) is 1. The number of aryl methyl sites for hydroxylation is 1. The molecule has 0 saturated carbocycles. The molecule has 0 bridgehead atoms. The van der Waals surface area contributed by atoms with E-state index < -0.39 is 0 Å². The second-order valence-electron chi connectivity index (χ2n) is 4.75. The Balaban J connectivity index is 2.68. The third-order valence-electron chi connectivity index (χ3n) is 2.65. The molecule has 0 aliphatic carbocycles. The molecule has 0 spiro atoms. The van der Waals surface area contributed by atoms with Crippen molar-refractivity contribution < 1.29 is 4.79 Å². The van der Waals surface area contributed by atoms with E-state index in [1.807, 2.05) is 14.1 Å². The van der Waals surface area contributed by atoms with Crippen LogP contribution >= 0.6 is 0 Å². The lowest BCUT2D eigenvalue weighted by Gasteiger charge is -2.18. The van der Waals surface area contributed by atoms with Gasteiger partial charge >= 0.3 is 0 Å². The summed E-state index contributed by atoms with van der Waals surface area (Å²) >= 11 is 0. The first-order valence-electron chi connectivity index (χ1n) is 6.16. The fourth-order valence-electron chi connectivity index (χ4n) is 1.66. The number of carbonyl (C=O) groups excluding carboxylic acids is 1. The third kappa shape index (κ3) is 4.80. The van der Waals surface area contributed by atoms with Crippen molar-refractivity contribution in [2.75, 3.05) is 39.7 Å². The number of aromatic nitrogens is 2. The van der Waals surface area contributed by atoms with E-state index in [0.717, 1.165) is 13.0 Å². The summed E-state index contributed by atoms with van der Waals surface area (Å²) in [5.74, 6) is 5.40. The van der Waals surface area contributed by atoms with Crippen molar-refractivity contribution >= 4 is 11.9 Å². The zero-order valence-corrected chi connectivity index (χ0v) is 12.0. The van der Waals surface area contributed by atoms with E-state index in [9.17, 15) is 4.79 Å². The van der Waals surface area contributed by atoms with E-state index in [4.69, 9.17) is 5.84 Å². The molecular weight excluding hydrogens is 244 g/mol. The molecule has 0 aromatic carbocycles. The summed E-state index contributed by atoms with van der Waals surface area (Å²) in [7, 11) is 5.79. The number of amides is 1. The molecule has 1 amide bonds. The van der Waals surface area contributed by atoms with Gasteiger partial charge in [-0.2, -0.15) is 0 Å². The maximum Gasteiger partial charge on any atom is 0.272 e. The zero-order valence-electron chi connectivity index (χ0n) is 12.0. The molecule has 1 aromatic rings. The van der Waals surface area contributed by atoms with Crippen LogP contribution in [-0.4, -0.2) is 59.9 Å². The number of carbonyl (C=O) groups is 1. The molecule has 0 fully saturated rings. The summed E-state index contributed by atoms with van der Waals surface area (Å²) in [4.78, 5) is 24.1. The zero-order chi connectivity index (χ0) is 14.4. The highest BCUT2D eigenvalue weighted by Gasteiger charge is 2.14. The standard InChI is InChI=1S/C12H22N6O/c1-9-8-10(15-12(14-9)16-13)11(19)18(4)7-5-6-17(2)3/h8H,5-7,13H2,1-4H3,(H,14,15,16). The van der Waals surface area contributed by atoms with Crippen LogP contribution in [0.25, 0.3) is 0 Å². The molecule has 1 rings (SSSR count). The molecule has 19 heavy (non-hydrogen) atoms. The summed E-state index contributed by atoms with van der Waals surface area (Å²) in [6.07, 6.45) is 0.918. The summed E-state index contributed by atoms with van der Waals surface area (Å²) in [6, 6.07) is 1.66. The maximum atomic E-state index is 12.2. The number of nitrogen functional groups attached to an aromatic ring is 1. The van der Waals surface area contributed by atoms with E-state index >= 15 is 0 Å². The number of nitrogens with zero attached hydrogens (tertiary/aromatic N) is 4. The molecule has 0 saturated heterocycles. The van der Waals surface area contributed by atoms with Gasteiger partial charge in [-0.3, -0.25) is 10.2 Å². The van der Waals surface area contributed by atoms with Crippen LogP contribution in [0.15, 0.2) is 6.07 Å². The molecule has 0 aliphatic rings. The van der Waals surface area contributed by atoms with Crippen molar-refractivity contribution in [3.63, 3.8) is 0 Å². The smallest absolute Gasteiger partial charge is 0.272 e. The van der Waals surface area contributed by atoms with Crippen molar-refractivity contribution in [3.8, 4) is 0 Å². The molecular formula is C12H22N6O. The van der Waals surface area contributed by atoms with E-state index in [0.29, 0.717) is 17.9 Å². The SMILES string of the molecule is Cc1cc(C(=O)N(C)CCCN(C)C)nc(NN)n1. The van der Waals surface area contributed by atoms with Gasteiger partial charge in [-0.25, -0.2) is 15.8 Å². The topological polar surface area (TPSA) is 87.4 Å². The minimum atomic E-state index is -0.124.